The molecule has 0 atom stereocenters. The van der Waals surface area contributed by atoms with Crippen LogP contribution >= 0.6 is 11.6 Å². The van der Waals surface area contributed by atoms with E-state index in [-0.39, 0.29) is 10.9 Å². The van der Waals surface area contributed by atoms with Gasteiger partial charge in [-0.25, -0.2) is 18.1 Å². The van der Waals surface area contributed by atoms with E-state index in [9.17, 15) is 13.2 Å². The molecule has 0 bridgehead atoms. The Morgan fingerprint density at radius 1 is 1.02 bits per heavy atom. The zero-order valence-corrected chi connectivity index (χ0v) is 24.7. The van der Waals surface area contributed by atoms with E-state index in [0.29, 0.717) is 24.5 Å². The Hall–Kier alpha value is -3.83. The number of amides is 1. The van der Waals surface area contributed by atoms with Crippen molar-refractivity contribution in [2.24, 2.45) is 0 Å². The number of sulfonamides is 1. The minimum absolute atomic E-state index is 0.0875. The summed E-state index contributed by atoms with van der Waals surface area (Å²) < 4.78 is 28.5. The first-order valence-electron chi connectivity index (χ1n) is 13.7. The number of halogens is 1. The van der Waals surface area contributed by atoms with Gasteiger partial charge in [0.05, 0.1) is 11.4 Å². The highest BCUT2D eigenvalue weighted by atomic mass is 35.5. The van der Waals surface area contributed by atoms with Gasteiger partial charge in [0.1, 0.15) is 5.82 Å². The standard InChI is InChI=1S/C29H34ClN7O3S/c1-3-5-9-19-41(39,40)34-27(38)18-17-25-28(30)31-26(12-6-4-2)37(25)20-21-13-15-22(16-14-21)23-10-7-8-11-24(23)29-32-35-36-33-29/h7-8,10-11,13-18H,3-6,9,12,19-20H2,1-2H3,(H,34,38)(H,32,33,35,36)/b18-17+. The van der Waals surface area contributed by atoms with Crippen LogP contribution in [-0.2, 0) is 27.8 Å². The number of hydrogen-bond acceptors (Lipinski definition) is 7. The van der Waals surface area contributed by atoms with Gasteiger partial charge in [0.15, 0.2) is 5.15 Å². The Morgan fingerprint density at radius 2 is 1.76 bits per heavy atom. The molecule has 0 aliphatic rings. The highest BCUT2D eigenvalue weighted by Crippen LogP contribution is 2.30. The van der Waals surface area contributed by atoms with Crippen LogP contribution < -0.4 is 4.72 Å². The fraction of sp³-hybridized carbons (Fsp3) is 0.345. The van der Waals surface area contributed by atoms with Crippen molar-refractivity contribution in [3.63, 3.8) is 0 Å². The van der Waals surface area contributed by atoms with Crippen molar-refractivity contribution in [2.75, 3.05) is 5.75 Å². The van der Waals surface area contributed by atoms with Crippen LogP contribution in [0.3, 0.4) is 0 Å². The van der Waals surface area contributed by atoms with Gasteiger partial charge in [-0.15, -0.1) is 10.2 Å². The van der Waals surface area contributed by atoms with Crippen LogP contribution in [0.15, 0.2) is 54.6 Å². The molecular weight excluding hydrogens is 562 g/mol. The Kier molecular flexibility index (Phi) is 10.4. The van der Waals surface area contributed by atoms with E-state index >= 15 is 0 Å². The van der Waals surface area contributed by atoms with Crippen molar-refractivity contribution < 1.29 is 13.2 Å². The van der Waals surface area contributed by atoms with Crippen molar-refractivity contribution in [1.29, 1.82) is 0 Å². The lowest BCUT2D eigenvalue weighted by Crippen LogP contribution is -2.31. The lowest BCUT2D eigenvalue weighted by molar-refractivity contribution is -0.114. The van der Waals surface area contributed by atoms with Gasteiger partial charge in [0, 0.05) is 24.6 Å². The number of nitrogens with zero attached hydrogens (tertiary/aromatic N) is 5. The number of hydrogen-bond donors (Lipinski definition) is 2. The number of benzene rings is 2. The maximum atomic E-state index is 12.4. The first-order chi connectivity index (χ1) is 19.8. The molecule has 2 N–H and O–H groups in total. The summed E-state index contributed by atoms with van der Waals surface area (Å²) in [4.78, 5) is 17.0. The Labute approximate surface area is 245 Å². The Balaban J connectivity index is 1.56. The molecule has 1 amide bonds. The third-order valence-corrected chi connectivity index (χ3v) is 8.20. The zero-order chi connectivity index (χ0) is 29.2. The molecular formula is C29H34ClN7O3S. The van der Waals surface area contributed by atoms with Gasteiger partial charge in [-0.1, -0.05) is 93.2 Å². The van der Waals surface area contributed by atoms with Crippen molar-refractivity contribution in [3.8, 4) is 22.5 Å². The molecule has 0 radical (unpaired) electrons. The molecule has 2 heterocycles. The number of carbonyl (C=O) groups excluding carboxylic acids is 1. The van der Waals surface area contributed by atoms with Gasteiger partial charge in [-0.05, 0) is 40.8 Å². The van der Waals surface area contributed by atoms with Crippen molar-refractivity contribution in [3.05, 3.63) is 76.8 Å². The summed E-state index contributed by atoms with van der Waals surface area (Å²) in [7, 11) is -3.70. The number of nitrogens with one attached hydrogen (secondary N) is 2. The van der Waals surface area contributed by atoms with Crippen LogP contribution in [-0.4, -0.2) is 50.3 Å². The number of tetrazole rings is 1. The van der Waals surface area contributed by atoms with Crippen molar-refractivity contribution in [2.45, 2.75) is 58.9 Å². The minimum atomic E-state index is -3.70. The summed E-state index contributed by atoms with van der Waals surface area (Å²) in [6, 6.07) is 16.0. The molecule has 0 saturated heterocycles. The van der Waals surface area contributed by atoms with Crippen LogP contribution in [0.4, 0.5) is 0 Å². The van der Waals surface area contributed by atoms with Crippen LogP contribution in [0.2, 0.25) is 5.15 Å². The predicted octanol–water partition coefficient (Wildman–Crippen LogP) is 5.42. The van der Waals surface area contributed by atoms with Gasteiger partial charge in [-0.3, -0.25) is 4.79 Å². The molecule has 2 aromatic heterocycles. The number of aromatic nitrogens is 6. The van der Waals surface area contributed by atoms with Crippen LogP contribution in [0.5, 0.6) is 0 Å². The molecule has 4 aromatic rings. The molecule has 0 unspecified atom stereocenters. The summed E-state index contributed by atoms with van der Waals surface area (Å²) in [6.07, 6.45) is 7.54. The second-order valence-corrected chi connectivity index (χ2v) is 11.9. The molecule has 0 fully saturated rings. The summed E-state index contributed by atoms with van der Waals surface area (Å²) in [6.45, 7) is 4.57. The monoisotopic (exact) mass is 595 g/mol. The third kappa shape index (κ3) is 8.11. The maximum absolute atomic E-state index is 12.4. The molecule has 0 spiro atoms. The summed E-state index contributed by atoms with van der Waals surface area (Å²) >= 11 is 6.52. The summed E-state index contributed by atoms with van der Waals surface area (Å²) in [5.74, 6) is 0.517. The highest BCUT2D eigenvalue weighted by Gasteiger charge is 2.17. The molecule has 0 aliphatic carbocycles. The predicted molar refractivity (Wildman–Crippen MR) is 160 cm³/mol. The molecule has 0 aliphatic heterocycles. The number of carbonyl (C=O) groups is 1. The summed E-state index contributed by atoms with van der Waals surface area (Å²) in [5.41, 5.74) is 4.41. The quantitative estimate of drug-likeness (QED) is 0.147. The molecule has 12 heteroatoms. The number of aryl methyl sites for hydroxylation is 1. The van der Waals surface area contributed by atoms with E-state index in [1.54, 1.807) is 0 Å². The topological polar surface area (TPSA) is 136 Å². The number of imidazole rings is 1. The van der Waals surface area contributed by atoms with E-state index in [2.05, 4.69) is 37.3 Å². The van der Waals surface area contributed by atoms with Gasteiger partial charge in [0.25, 0.3) is 5.91 Å². The van der Waals surface area contributed by atoms with Crippen molar-refractivity contribution in [1.82, 2.24) is 34.9 Å². The van der Waals surface area contributed by atoms with Gasteiger partial charge < -0.3 is 4.57 Å². The number of aromatic amines is 1. The normalized spacial score (nSPS) is 11.8. The van der Waals surface area contributed by atoms with E-state index in [4.69, 9.17) is 11.6 Å². The fourth-order valence-electron chi connectivity index (χ4n) is 4.46. The molecule has 216 valence electrons. The smallest absolute Gasteiger partial charge is 0.257 e. The van der Waals surface area contributed by atoms with E-state index in [0.717, 1.165) is 60.2 Å². The second kappa shape index (κ2) is 14.2. The van der Waals surface area contributed by atoms with Crippen LogP contribution in [0.25, 0.3) is 28.6 Å². The van der Waals surface area contributed by atoms with Crippen LogP contribution in [0, 0.1) is 0 Å². The third-order valence-electron chi connectivity index (χ3n) is 6.58. The number of unbranched alkanes of at least 4 members (excludes halogenated alkanes) is 3. The average Bonchev–Trinajstić information content (AvgIpc) is 3.59. The second-order valence-electron chi connectivity index (χ2n) is 9.70. The van der Waals surface area contributed by atoms with Gasteiger partial charge >= 0.3 is 0 Å². The summed E-state index contributed by atoms with van der Waals surface area (Å²) in [5, 5.41) is 14.7. The van der Waals surface area contributed by atoms with E-state index in [1.807, 2.05) is 60.0 Å². The van der Waals surface area contributed by atoms with Gasteiger partial charge in [-0.2, -0.15) is 5.21 Å². The zero-order valence-electron chi connectivity index (χ0n) is 23.2. The first-order valence-corrected chi connectivity index (χ1v) is 15.7. The highest BCUT2D eigenvalue weighted by molar-refractivity contribution is 7.90. The first kappa shape index (κ1) is 30.1. The molecule has 41 heavy (non-hydrogen) atoms. The molecule has 4 rings (SSSR count). The van der Waals surface area contributed by atoms with Crippen molar-refractivity contribution >= 4 is 33.6 Å². The number of rotatable bonds is 14. The Morgan fingerprint density at radius 3 is 2.44 bits per heavy atom. The fourth-order valence-corrected chi connectivity index (χ4v) is 5.78. The Bertz CT molecular complexity index is 1580. The maximum Gasteiger partial charge on any atom is 0.257 e. The van der Waals surface area contributed by atoms with E-state index < -0.39 is 15.9 Å². The van der Waals surface area contributed by atoms with Gasteiger partial charge in [0.2, 0.25) is 15.8 Å². The van der Waals surface area contributed by atoms with Crippen LogP contribution in [0.1, 0.15) is 63.0 Å². The molecule has 10 nitrogen and oxygen atoms in total. The molecule has 2 aromatic carbocycles. The number of H-pyrrole nitrogens is 1. The lowest BCUT2D eigenvalue weighted by Gasteiger charge is -2.12. The average molecular weight is 596 g/mol. The van der Waals surface area contributed by atoms with E-state index in [1.165, 1.54) is 12.2 Å². The SMILES string of the molecule is CCCCCS(=O)(=O)NC(=O)/C=C/c1c(Cl)nc(CCCC)n1Cc1ccc(-c2ccccc2-c2nn[nH]n2)cc1. The minimum Gasteiger partial charge on any atom is -0.323 e. The molecule has 0 saturated carbocycles. The lowest BCUT2D eigenvalue weighted by atomic mass is 9.98. The largest absolute Gasteiger partial charge is 0.323 e.